The van der Waals surface area contributed by atoms with Crippen molar-refractivity contribution in [2.75, 3.05) is 6.54 Å². The zero-order chi connectivity index (χ0) is 9.10. The predicted octanol–water partition coefficient (Wildman–Crippen LogP) is 1.88. The summed E-state index contributed by atoms with van der Waals surface area (Å²) in [5.41, 5.74) is 1.29. The molecule has 1 aromatic heterocycles. The third kappa shape index (κ3) is 1.61. The first kappa shape index (κ1) is 8.40. The lowest BCUT2D eigenvalue weighted by Crippen LogP contribution is -2.24. The second kappa shape index (κ2) is 3.68. The molecule has 0 aromatic carbocycles. The van der Waals surface area contributed by atoms with E-state index in [9.17, 15) is 0 Å². The molecule has 0 amide bonds. The fraction of sp³-hybridized carbons (Fsp3) is 0.455. The van der Waals surface area contributed by atoms with E-state index < -0.39 is 0 Å². The Morgan fingerprint density at radius 2 is 2.62 bits per heavy atom. The highest BCUT2D eigenvalue weighted by Crippen LogP contribution is 2.29. The Morgan fingerprint density at radius 3 is 3.46 bits per heavy atom. The second-order valence-corrected chi connectivity index (χ2v) is 3.33. The van der Waals surface area contributed by atoms with E-state index in [0.717, 1.165) is 18.6 Å². The molecule has 0 fully saturated rings. The molecule has 0 saturated heterocycles. The maximum absolute atomic E-state index is 5.37. The van der Waals surface area contributed by atoms with Gasteiger partial charge in [0, 0.05) is 18.0 Å². The Labute approximate surface area is 78.3 Å². The topological polar surface area (TPSA) is 25.2 Å². The van der Waals surface area contributed by atoms with E-state index in [1.807, 2.05) is 6.07 Å². The van der Waals surface area contributed by atoms with Gasteiger partial charge in [-0.1, -0.05) is 5.92 Å². The lowest BCUT2D eigenvalue weighted by Gasteiger charge is -2.21. The second-order valence-electron chi connectivity index (χ2n) is 3.33. The minimum atomic E-state index is 0.401. The Hall–Kier alpha value is -1.20. The van der Waals surface area contributed by atoms with Crippen molar-refractivity contribution in [3.05, 3.63) is 23.7 Å². The molecule has 1 atom stereocenters. The van der Waals surface area contributed by atoms with Gasteiger partial charge in [0.05, 0.1) is 12.8 Å². The molecule has 0 spiro atoms. The van der Waals surface area contributed by atoms with Gasteiger partial charge in [-0.3, -0.25) is 5.32 Å². The van der Waals surface area contributed by atoms with Crippen molar-refractivity contribution >= 4 is 0 Å². The summed E-state index contributed by atoms with van der Waals surface area (Å²) in [5.74, 6) is 3.72. The smallest absolute Gasteiger partial charge is 0.108 e. The van der Waals surface area contributed by atoms with Gasteiger partial charge in [-0.05, 0) is 18.9 Å². The minimum Gasteiger partial charge on any atom is -0.469 e. The molecule has 1 aliphatic carbocycles. The van der Waals surface area contributed by atoms with Crippen LogP contribution in [-0.2, 0) is 6.42 Å². The summed E-state index contributed by atoms with van der Waals surface area (Å²) in [6.45, 7) is 0.634. The summed E-state index contributed by atoms with van der Waals surface area (Å²) in [6.07, 6.45) is 10.4. The molecule has 1 unspecified atom stereocenters. The van der Waals surface area contributed by atoms with Crippen molar-refractivity contribution in [3.8, 4) is 12.3 Å². The molecule has 1 aliphatic rings. The Balaban J connectivity index is 2.12. The molecule has 1 heterocycles. The summed E-state index contributed by atoms with van der Waals surface area (Å²) in [5, 5.41) is 3.32. The molecule has 0 radical (unpaired) electrons. The summed E-state index contributed by atoms with van der Waals surface area (Å²) in [7, 11) is 0. The van der Waals surface area contributed by atoms with E-state index >= 15 is 0 Å². The van der Waals surface area contributed by atoms with E-state index in [4.69, 9.17) is 10.8 Å². The van der Waals surface area contributed by atoms with E-state index in [1.165, 1.54) is 12.0 Å². The molecule has 68 valence electrons. The van der Waals surface area contributed by atoms with Gasteiger partial charge in [0.15, 0.2) is 0 Å². The highest BCUT2D eigenvalue weighted by atomic mass is 16.3. The zero-order valence-electron chi connectivity index (χ0n) is 7.55. The molecule has 1 aromatic rings. The van der Waals surface area contributed by atoms with Crippen LogP contribution in [0.5, 0.6) is 0 Å². The lowest BCUT2D eigenvalue weighted by atomic mass is 9.93. The van der Waals surface area contributed by atoms with Gasteiger partial charge in [-0.15, -0.1) is 6.42 Å². The van der Waals surface area contributed by atoms with Crippen LogP contribution < -0.4 is 5.32 Å². The van der Waals surface area contributed by atoms with Crippen molar-refractivity contribution < 1.29 is 4.42 Å². The standard InChI is InChI=1S/C11H13NO/c1-2-7-12-10-4-3-5-11-9(10)6-8-13-11/h1,6,8,10,12H,3-5,7H2. The monoisotopic (exact) mass is 175 g/mol. The van der Waals surface area contributed by atoms with Crippen molar-refractivity contribution in [1.82, 2.24) is 5.32 Å². The van der Waals surface area contributed by atoms with Crippen molar-refractivity contribution in [2.24, 2.45) is 0 Å². The van der Waals surface area contributed by atoms with Crippen LogP contribution in [0.25, 0.3) is 0 Å². The fourth-order valence-electron chi connectivity index (χ4n) is 1.88. The average molecular weight is 175 g/mol. The van der Waals surface area contributed by atoms with Crippen molar-refractivity contribution in [3.63, 3.8) is 0 Å². The number of fused-ring (bicyclic) bond motifs is 1. The first-order valence-corrected chi connectivity index (χ1v) is 4.65. The van der Waals surface area contributed by atoms with Gasteiger partial charge in [0.25, 0.3) is 0 Å². The number of furan rings is 1. The third-order valence-electron chi connectivity index (χ3n) is 2.50. The maximum atomic E-state index is 5.37. The molecule has 1 N–H and O–H groups in total. The van der Waals surface area contributed by atoms with Crippen molar-refractivity contribution in [1.29, 1.82) is 0 Å². The number of terminal acetylenes is 1. The molecule has 0 saturated carbocycles. The van der Waals surface area contributed by atoms with E-state index in [2.05, 4.69) is 11.2 Å². The number of rotatable bonds is 2. The fourth-order valence-corrected chi connectivity index (χ4v) is 1.88. The van der Waals surface area contributed by atoms with Crippen LogP contribution >= 0.6 is 0 Å². The summed E-state index contributed by atoms with van der Waals surface area (Å²) in [6, 6.07) is 2.45. The van der Waals surface area contributed by atoms with Crippen LogP contribution in [0.2, 0.25) is 0 Å². The summed E-state index contributed by atoms with van der Waals surface area (Å²) < 4.78 is 5.37. The molecular weight excluding hydrogens is 162 g/mol. The highest BCUT2D eigenvalue weighted by Gasteiger charge is 2.21. The summed E-state index contributed by atoms with van der Waals surface area (Å²) >= 11 is 0. The quantitative estimate of drug-likeness (QED) is 0.694. The number of nitrogens with one attached hydrogen (secondary N) is 1. The number of hydrogen-bond donors (Lipinski definition) is 1. The molecule has 13 heavy (non-hydrogen) atoms. The van der Waals surface area contributed by atoms with Crippen LogP contribution in [0.1, 0.15) is 30.2 Å². The van der Waals surface area contributed by atoms with Crippen LogP contribution in [-0.4, -0.2) is 6.54 Å². The molecule has 0 aliphatic heterocycles. The molecular formula is C11H13NO. The van der Waals surface area contributed by atoms with Crippen LogP contribution in [0.4, 0.5) is 0 Å². The number of aryl methyl sites for hydroxylation is 1. The first-order valence-electron chi connectivity index (χ1n) is 4.65. The maximum Gasteiger partial charge on any atom is 0.108 e. The van der Waals surface area contributed by atoms with E-state index in [0.29, 0.717) is 12.6 Å². The third-order valence-corrected chi connectivity index (χ3v) is 2.50. The Kier molecular flexibility index (Phi) is 2.37. The van der Waals surface area contributed by atoms with Gasteiger partial charge in [0.1, 0.15) is 5.76 Å². The van der Waals surface area contributed by atoms with Crippen molar-refractivity contribution in [2.45, 2.75) is 25.3 Å². The largest absolute Gasteiger partial charge is 0.469 e. The van der Waals surface area contributed by atoms with Crippen LogP contribution in [0.3, 0.4) is 0 Å². The molecule has 2 nitrogen and oxygen atoms in total. The predicted molar refractivity (Wildman–Crippen MR) is 51.2 cm³/mol. The van der Waals surface area contributed by atoms with Gasteiger partial charge < -0.3 is 4.42 Å². The van der Waals surface area contributed by atoms with Gasteiger partial charge in [-0.25, -0.2) is 0 Å². The number of hydrogen-bond acceptors (Lipinski definition) is 2. The zero-order valence-corrected chi connectivity index (χ0v) is 7.55. The Bertz CT molecular complexity index is 321. The van der Waals surface area contributed by atoms with Crippen LogP contribution in [0, 0.1) is 12.3 Å². The molecule has 2 heteroatoms. The normalized spacial score (nSPS) is 20.7. The molecule has 2 rings (SSSR count). The van der Waals surface area contributed by atoms with Crippen LogP contribution in [0.15, 0.2) is 16.7 Å². The lowest BCUT2D eigenvalue weighted by molar-refractivity contribution is 0.422. The molecule has 0 bridgehead atoms. The minimum absolute atomic E-state index is 0.401. The SMILES string of the molecule is C#CCNC1CCCc2occc21. The highest BCUT2D eigenvalue weighted by molar-refractivity contribution is 5.24. The first-order chi connectivity index (χ1) is 6.42. The Morgan fingerprint density at radius 1 is 1.69 bits per heavy atom. The van der Waals surface area contributed by atoms with Gasteiger partial charge in [0.2, 0.25) is 0 Å². The van der Waals surface area contributed by atoms with E-state index in [1.54, 1.807) is 6.26 Å². The average Bonchev–Trinajstić information content (AvgIpc) is 2.62. The van der Waals surface area contributed by atoms with Gasteiger partial charge in [-0.2, -0.15) is 0 Å². The summed E-state index contributed by atoms with van der Waals surface area (Å²) in [4.78, 5) is 0. The van der Waals surface area contributed by atoms with E-state index in [-0.39, 0.29) is 0 Å². The van der Waals surface area contributed by atoms with Gasteiger partial charge >= 0.3 is 0 Å².